The fourth-order valence-electron chi connectivity index (χ4n) is 7.40. The van der Waals surface area contributed by atoms with Crippen LogP contribution < -0.4 is 9.64 Å². The minimum absolute atomic E-state index is 0.0693. The maximum Gasteiger partial charge on any atom is 0.410 e. The van der Waals surface area contributed by atoms with Crippen molar-refractivity contribution in [1.82, 2.24) is 24.4 Å². The molecule has 0 radical (unpaired) electrons. The second kappa shape index (κ2) is 19.0. The average molecular weight is 785 g/mol. The standard InChI is InChI=1S/C38H48N6O4.C5H10O2.C2H6/c1-6-7-8-9-18-32-40-33-27-14-10-13-17-31(27)47-34(33)35(41-32)42-21-19-26(24-42)46-36-39-28-15-11-12-16-30(28)44(36)29-20-22-43(23-25(29)2)37(45)48-38(3,4)5;1-5(2,3)7-4-6;1-2/h10-17,25-26,29H,6-9,18-24H2,1-5H3;4H,1-3H3;1-2H3/t25-,26-,29?;;/m0../s1. The van der Waals surface area contributed by atoms with Crippen LogP contribution in [0, 0.1) is 5.92 Å². The molecule has 5 heterocycles. The van der Waals surface area contributed by atoms with Crippen LogP contribution in [-0.2, 0) is 20.7 Å². The van der Waals surface area contributed by atoms with Gasteiger partial charge in [0.15, 0.2) is 11.4 Å². The number of para-hydroxylation sites is 3. The number of piperidine rings is 1. The molecule has 0 N–H and O–H groups in total. The number of ether oxygens (including phenoxy) is 3. The molecular formula is C45H64N6O6. The summed E-state index contributed by atoms with van der Waals surface area (Å²) < 4.78 is 25.7. The second-order valence-electron chi connectivity index (χ2n) is 16.9. The van der Waals surface area contributed by atoms with Crippen molar-refractivity contribution in [2.75, 3.05) is 31.1 Å². The number of likely N-dealkylation sites (tertiary alicyclic amines) is 1. The lowest BCUT2D eigenvalue weighted by molar-refractivity contribution is -0.138. The first-order valence-corrected chi connectivity index (χ1v) is 20.9. The molecule has 2 saturated heterocycles. The normalized spacial score (nSPS) is 18.5. The predicted octanol–water partition coefficient (Wildman–Crippen LogP) is 10.3. The van der Waals surface area contributed by atoms with Gasteiger partial charge in [0, 0.05) is 43.9 Å². The summed E-state index contributed by atoms with van der Waals surface area (Å²) in [5.41, 5.74) is 3.59. The van der Waals surface area contributed by atoms with E-state index in [1.165, 1.54) is 19.3 Å². The lowest BCUT2D eigenvalue weighted by Gasteiger charge is -2.38. The van der Waals surface area contributed by atoms with Crippen molar-refractivity contribution in [3.63, 3.8) is 0 Å². The molecule has 0 spiro atoms. The number of aryl methyl sites for hydroxylation is 1. The quantitative estimate of drug-likeness (QED) is 0.0998. The molecule has 1 unspecified atom stereocenters. The third kappa shape index (κ3) is 11.0. The lowest BCUT2D eigenvalue weighted by Crippen LogP contribution is -2.45. The number of carbonyl (C=O) groups is 2. The average Bonchev–Trinajstić information content (AvgIpc) is 3.89. The van der Waals surface area contributed by atoms with Crippen LogP contribution in [0.3, 0.4) is 0 Å². The lowest BCUT2D eigenvalue weighted by atomic mass is 9.93. The van der Waals surface area contributed by atoms with Crippen molar-refractivity contribution >= 4 is 51.5 Å². The molecule has 3 atom stereocenters. The van der Waals surface area contributed by atoms with Crippen LogP contribution in [0.1, 0.15) is 120 Å². The highest BCUT2D eigenvalue weighted by molar-refractivity contribution is 6.05. The van der Waals surface area contributed by atoms with E-state index in [2.05, 4.69) is 46.3 Å². The van der Waals surface area contributed by atoms with Crippen LogP contribution >= 0.6 is 0 Å². The molecule has 2 aliphatic heterocycles. The number of nitrogens with zero attached hydrogens (tertiary/aromatic N) is 6. The van der Waals surface area contributed by atoms with Crippen molar-refractivity contribution in [1.29, 1.82) is 0 Å². The van der Waals surface area contributed by atoms with Crippen LogP contribution in [0.15, 0.2) is 52.9 Å². The molecule has 12 nitrogen and oxygen atoms in total. The van der Waals surface area contributed by atoms with E-state index in [1.807, 2.05) is 90.6 Å². The van der Waals surface area contributed by atoms with E-state index in [1.54, 1.807) is 0 Å². The van der Waals surface area contributed by atoms with Gasteiger partial charge in [-0.1, -0.05) is 71.2 Å². The molecule has 2 aliphatic rings. The van der Waals surface area contributed by atoms with E-state index >= 15 is 0 Å². The molecule has 7 rings (SSSR count). The van der Waals surface area contributed by atoms with Gasteiger partial charge in [0.1, 0.15) is 34.2 Å². The smallest absolute Gasteiger partial charge is 0.410 e. The fourth-order valence-corrected chi connectivity index (χ4v) is 7.40. The summed E-state index contributed by atoms with van der Waals surface area (Å²) in [6.45, 7) is 22.8. The van der Waals surface area contributed by atoms with Crippen LogP contribution in [0.25, 0.3) is 33.1 Å². The van der Waals surface area contributed by atoms with Crippen molar-refractivity contribution in [2.24, 2.45) is 5.92 Å². The van der Waals surface area contributed by atoms with Crippen LogP contribution in [-0.4, -0.2) is 80.5 Å². The third-order valence-corrected chi connectivity index (χ3v) is 10.0. The third-order valence-electron chi connectivity index (χ3n) is 10.0. The summed E-state index contributed by atoms with van der Waals surface area (Å²) in [5.74, 6) is 1.91. The summed E-state index contributed by atoms with van der Waals surface area (Å²) >= 11 is 0. The highest BCUT2D eigenvalue weighted by atomic mass is 16.6. The van der Waals surface area contributed by atoms with Gasteiger partial charge in [-0.05, 0) is 84.6 Å². The number of unbranched alkanes of at least 4 members (excludes halogenated alkanes) is 3. The summed E-state index contributed by atoms with van der Waals surface area (Å²) in [5, 5.41) is 1.03. The van der Waals surface area contributed by atoms with Crippen molar-refractivity contribution in [3.05, 3.63) is 54.4 Å². The molecular weight excluding hydrogens is 721 g/mol. The SMILES string of the molecule is CC.CC(C)(C)OC=O.CCCCCCc1nc(N2CC[C@H](Oc3nc4ccccc4n3C3CCN(C(=O)OC(C)(C)C)C[C@@H]3C)C2)c2oc3ccccc3c2n1. The summed E-state index contributed by atoms with van der Waals surface area (Å²) in [4.78, 5) is 41.7. The molecule has 1 amide bonds. The number of carbonyl (C=O) groups excluding carboxylic acids is 2. The Morgan fingerprint density at radius 1 is 0.895 bits per heavy atom. The van der Waals surface area contributed by atoms with Gasteiger partial charge in [-0.2, -0.15) is 4.98 Å². The molecule has 57 heavy (non-hydrogen) atoms. The zero-order valence-electron chi connectivity index (χ0n) is 35.8. The Hall–Kier alpha value is -4.87. The first-order valence-electron chi connectivity index (χ1n) is 20.9. The van der Waals surface area contributed by atoms with Gasteiger partial charge >= 0.3 is 6.09 Å². The molecule has 310 valence electrons. The molecule has 3 aromatic heterocycles. The molecule has 0 aliphatic carbocycles. The van der Waals surface area contributed by atoms with Crippen LogP contribution in [0.2, 0.25) is 0 Å². The van der Waals surface area contributed by atoms with E-state index in [-0.39, 0.29) is 29.8 Å². The molecule has 12 heteroatoms. The number of fused-ring (bicyclic) bond motifs is 4. The van der Waals surface area contributed by atoms with Gasteiger partial charge < -0.3 is 28.4 Å². The summed E-state index contributed by atoms with van der Waals surface area (Å²) in [7, 11) is 0. The van der Waals surface area contributed by atoms with Crippen molar-refractivity contribution in [3.8, 4) is 6.01 Å². The van der Waals surface area contributed by atoms with Crippen molar-refractivity contribution in [2.45, 2.75) is 138 Å². The number of anilines is 1. The monoisotopic (exact) mass is 784 g/mol. The van der Waals surface area contributed by atoms with Gasteiger partial charge in [-0.15, -0.1) is 0 Å². The number of benzene rings is 2. The number of hydrogen-bond donors (Lipinski definition) is 0. The van der Waals surface area contributed by atoms with Crippen molar-refractivity contribution < 1.29 is 28.2 Å². The predicted molar refractivity (Wildman–Crippen MR) is 227 cm³/mol. The van der Waals surface area contributed by atoms with Crippen LogP contribution in [0.5, 0.6) is 6.01 Å². The van der Waals surface area contributed by atoms with E-state index in [9.17, 15) is 9.59 Å². The Morgan fingerprint density at radius 3 is 2.32 bits per heavy atom. The first-order chi connectivity index (χ1) is 27.2. The molecule has 2 aromatic carbocycles. The largest absolute Gasteiger partial charge is 0.462 e. The fraction of sp³-hybridized carbons (Fsp3) is 0.578. The molecule has 0 saturated carbocycles. The van der Waals surface area contributed by atoms with Gasteiger partial charge in [0.2, 0.25) is 0 Å². The Kier molecular flexibility index (Phi) is 14.5. The Bertz CT molecular complexity index is 2080. The minimum atomic E-state index is -0.522. The first kappa shape index (κ1) is 43.3. The summed E-state index contributed by atoms with van der Waals surface area (Å²) in [6.07, 6.45) is 6.84. The molecule has 5 aromatic rings. The topological polar surface area (TPSA) is 125 Å². The van der Waals surface area contributed by atoms with Gasteiger partial charge in [0.05, 0.1) is 17.6 Å². The molecule has 0 bridgehead atoms. The number of hydrogen-bond acceptors (Lipinski definition) is 10. The Labute approximate surface area is 338 Å². The van der Waals surface area contributed by atoms with Gasteiger partial charge in [-0.25, -0.2) is 14.8 Å². The number of rotatable bonds is 10. The molecule has 2 fully saturated rings. The van der Waals surface area contributed by atoms with Gasteiger partial charge in [-0.3, -0.25) is 9.36 Å². The number of amides is 1. The maximum atomic E-state index is 12.9. The number of imidazole rings is 1. The second-order valence-corrected chi connectivity index (χ2v) is 16.9. The van der Waals surface area contributed by atoms with E-state index in [0.29, 0.717) is 32.1 Å². The maximum absolute atomic E-state index is 12.9. The minimum Gasteiger partial charge on any atom is -0.462 e. The van der Waals surface area contributed by atoms with E-state index in [4.69, 9.17) is 28.8 Å². The summed E-state index contributed by atoms with van der Waals surface area (Å²) in [6, 6.07) is 17.1. The Morgan fingerprint density at radius 2 is 1.63 bits per heavy atom. The van der Waals surface area contributed by atoms with Crippen LogP contribution in [0.4, 0.5) is 10.6 Å². The zero-order valence-corrected chi connectivity index (χ0v) is 35.8. The number of furan rings is 1. The Balaban J connectivity index is 0.000000624. The van der Waals surface area contributed by atoms with Gasteiger partial charge in [0.25, 0.3) is 12.5 Å². The zero-order chi connectivity index (χ0) is 41.3. The number of aromatic nitrogens is 4. The van der Waals surface area contributed by atoms with E-state index < -0.39 is 5.60 Å². The highest BCUT2D eigenvalue weighted by Crippen LogP contribution is 2.38. The van der Waals surface area contributed by atoms with E-state index in [0.717, 1.165) is 77.0 Å². The highest BCUT2D eigenvalue weighted by Gasteiger charge is 2.36.